The fourth-order valence-electron chi connectivity index (χ4n) is 2.32. The molecular formula is C19H21FN2O3. The van der Waals surface area contributed by atoms with Crippen LogP contribution in [0, 0.1) is 5.82 Å². The van der Waals surface area contributed by atoms with Gasteiger partial charge < -0.3 is 15.4 Å². The summed E-state index contributed by atoms with van der Waals surface area (Å²) in [5, 5.41) is 5.89. The number of benzene rings is 2. The summed E-state index contributed by atoms with van der Waals surface area (Å²) in [7, 11) is 1.33. The first-order valence-electron chi connectivity index (χ1n) is 8.02. The summed E-state index contributed by atoms with van der Waals surface area (Å²) in [5.41, 5.74) is 2.03. The van der Waals surface area contributed by atoms with Crippen LogP contribution >= 0.6 is 0 Å². The van der Waals surface area contributed by atoms with Crippen LogP contribution in [0.25, 0.3) is 0 Å². The molecule has 2 aromatic rings. The van der Waals surface area contributed by atoms with E-state index in [0.29, 0.717) is 30.8 Å². The first-order chi connectivity index (χ1) is 12.1. The van der Waals surface area contributed by atoms with E-state index in [4.69, 9.17) is 4.74 Å². The van der Waals surface area contributed by atoms with Gasteiger partial charge in [-0.25, -0.2) is 9.18 Å². The summed E-state index contributed by atoms with van der Waals surface area (Å²) in [6.07, 6.45) is 0.920. The molecule has 0 unspecified atom stereocenters. The van der Waals surface area contributed by atoms with Gasteiger partial charge >= 0.3 is 5.97 Å². The number of carbonyl (C=O) groups excluding carboxylic acids is 2. The van der Waals surface area contributed by atoms with Crippen molar-refractivity contribution in [2.45, 2.75) is 12.8 Å². The van der Waals surface area contributed by atoms with Gasteiger partial charge in [-0.15, -0.1) is 0 Å². The molecule has 5 nitrogen and oxygen atoms in total. The Kier molecular flexibility index (Phi) is 6.95. The molecule has 0 heterocycles. The van der Waals surface area contributed by atoms with E-state index < -0.39 is 5.97 Å². The van der Waals surface area contributed by atoms with E-state index in [9.17, 15) is 14.0 Å². The molecule has 1 amide bonds. The molecule has 2 N–H and O–H groups in total. The van der Waals surface area contributed by atoms with E-state index in [1.165, 1.54) is 19.2 Å². The molecule has 0 saturated heterocycles. The third-order valence-corrected chi connectivity index (χ3v) is 3.65. The van der Waals surface area contributed by atoms with Crippen LogP contribution in [0.3, 0.4) is 0 Å². The number of carbonyl (C=O) groups is 2. The largest absolute Gasteiger partial charge is 0.465 e. The van der Waals surface area contributed by atoms with Gasteiger partial charge in [-0.1, -0.05) is 24.3 Å². The Bertz CT molecular complexity index is 717. The van der Waals surface area contributed by atoms with Gasteiger partial charge in [-0.3, -0.25) is 4.79 Å². The monoisotopic (exact) mass is 344 g/mol. The van der Waals surface area contributed by atoms with Crippen molar-refractivity contribution in [3.05, 3.63) is 65.5 Å². The predicted octanol–water partition coefficient (Wildman–Crippen LogP) is 2.77. The van der Waals surface area contributed by atoms with E-state index in [1.807, 2.05) is 0 Å². The summed E-state index contributed by atoms with van der Waals surface area (Å²) in [6, 6.07) is 13.2. The minimum Gasteiger partial charge on any atom is -0.465 e. The van der Waals surface area contributed by atoms with Crippen LogP contribution in [0.4, 0.5) is 10.1 Å². The van der Waals surface area contributed by atoms with Gasteiger partial charge in [0.25, 0.3) is 0 Å². The molecule has 0 bridgehead atoms. The maximum absolute atomic E-state index is 12.8. The second-order valence-corrected chi connectivity index (χ2v) is 5.44. The molecule has 0 radical (unpaired) electrons. The third kappa shape index (κ3) is 5.91. The lowest BCUT2D eigenvalue weighted by molar-refractivity contribution is -0.120. The van der Waals surface area contributed by atoms with Crippen molar-refractivity contribution < 1.29 is 18.7 Å². The van der Waals surface area contributed by atoms with Crippen LogP contribution in [-0.2, 0) is 16.0 Å². The number of esters is 1. The van der Waals surface area contributed by atoms with E-state index in [2.05, 4.69) is 10.6 Å². The molecule has 2 rings (SSSR count). The SMILES string of the molecule is COC(=O)c1ccccc1NCCC(=O)NCCc1ccc(F)cc1. The molecule has 0 aliphatic heterocycles. The van der Waals surface area contributed by atoms with Gasteiger partial charge in [-0.2, -0.15) is 0 Å². The normalized spacial score (nSPS) is 10.2. The zero-order valence-electron chi connectivity index (χ0n) is 14.0. The van der Waals surface area contributed by atoms with E-state index in [1.54, 1.807) is 36.4 Å². The predicted molar refractivity (Wildman–Crippen MR) is 94.0 cm³/mol. The zero-order valence-corrected chi connectivity index (χ0v) is 14.0. The van der Waals surface area contributed by atoms with E-state index in [-0.39, 0.29) is 18.1 Å². The lowest BCUT2D eigenvalue weighted by atomic mass is 10.1. The molecule has 0 fully saturated rings. The molecule has 0 aliphatic rings. The minimum absolute atomic E-state index is 0.0924. The summed E-state index contributed by atoms with van der Waals surface area (Å²) in [5.74, 6) is -0.789. The zero-order chi connectivity index (χ0) is 18.1. The number of halogens is 1. The topological polar surface area (TPSA) is 67.4 Å². The lowest BCUT2D eigenvalue weighted by Crippen LogP contribution is -2.27. The summed E-state index contributed by atoms with van der Waals surface area (Å²) in [4.78, 5) is 23.5. The standard InChI is InChI=1S/C19H21FN2O3/c1-25-19(24)16-4-2-3-5-17(16)21-13-11-18(23)22-12-10-14-6-8-15(20)9-7-14/h2-9,21H,10-13H2,1H3,(H,22,23). The Morgan fingerprint density at radius 1 is 1.04 bits per heavy atom. The van der Waals surface area contributed by atoms with Gasteiger partial charge in [0.1, 0.15) is 5.82 Å². The second kappa shape index (κ2) is 9.42. The molecule has 132 valence electrons. The van der Waals surface area contributed by atoms with Crippen molar-refractivity contribution in [2.24, 2.45) is 0 Å². The van der Waals surface area contributed by atoms with E-state index >= 15 is 0 Å². The fourth-order valence-corrected chi connectivity index (χ4v) is 2.32. The molecule has 0 aliphatic carbocycles. The molecule has 6 heteroatoms. The van der Waals surface area contributed by atoms with E-state index in [0.717, 1.165) is 5.56 Å². The van der Waals surface area contributed by atoms with Crippen LogP contribution in [0.15, 0.2) is 48.5 Å². The highest BCUT2D eigenvalue weighted by molar-refractivity contribution is 5.95. The average Bonchev–Trinajstić information content (AvgIpc) is 2.63. The van der Waals surface area contributed by atoms with Gasteiger partial charge in [-0.05, 0) is 36.2 Å². The quantitative estimate of drug-likeness (QED) is 0.723. The lowest BCUT2D eigenvalue weighted by Gasteiger charge is -2.10. The number of rotatable bonds is 8. The smallest absolute Gasteiger partial charge is 0.339 e. The Labute approximate surface area is 146 Å². The average molecular weight is 344 g/mol. The Balaban J connectivity index is 1.72. The molecule has 0 aromatic heterocycles. The maximum Gasteiger partial charge on any atom is 0.339 e. The number of methoxy groups -OCH3 is 1. The number of para-hydroxylation sites is 1. The molecular weight excluding hydrogens is 323 g/mol. The van der Waals surface area contributed by atoms with Crippen molar-refractivity contribution in [3.8, 4) is 0 Å². The summed E-state index contributed by atoms with van der Waals surface area (Å²) < 4.78 is 17.5. The highest BCUT2D eigenvalue weighted by Crippen LogP contribution is 2.15. The molecule has 0 spiro atoms. The molecule has 0 saturated carbocycles. The van der Waals surface area contributed by atoms with Crippen molar-refractivity contribution in [2.75, 3.05) is 25.5 Å². The highest BCUT2D eigenvalue weighted by atomic mass is 19.1. The van der Waals surface area contributed by atoms with Crippen molar-refractivity contribution in [1.82, 2.24) is 5.32 Å². The number of amides is 1. The van der Waals surface area contributed by atoms with Gasteiger partial charge in [0, 0.05) is 25.2 Å². The molecule has 2 aromatic carbocycles. The minimum atomic E-state index is -0.424. The Morgan fingerprint density at radius 2 is 1.76 bits per heavy atom. The van der Waals surface area contributed by atoms with Gasteiger partial charge in [0.05, 0.1) is 12.7 Å². The number of hydrogen-bond acceptors (Lipinski definition) is 4. The van der Waals surface area contributed by atoms with Crippen LogP contribution < -0.4 is 10.6 Å². The first kappa shape index (κ1) is 18.4. The molecule has 25 heavy (non-hydrogen) atoms. The Hall–Kier alpha value is -2.89. The number of ether oxygens (including phenoxy) is 1. The first-order valence-corrected chi connectivity index (χ1v) is 8.02. The Morgan fingerprint density at radius 3 is 2.48 bits per heavy atom. The van der Waals surface area contributed by atoms with Crippen LogP contribution in [0.1, 0.15) is 22.3 Å². The summed E-state index contributed by atoms with van der Waals surface area (Å²) in [6.45, 7) is 0.888. The maximum atomic E-state index is 12.8. The van der Waals surface area contributed by atoms with Crippen molar-refractivity contribution in [3.63, 3.8) is 0 Å². The number of nitrogens with one attached hydrogen (secondary N) is 2. The highest BCUT2D eigenvalue weighted by Gasteiger charge is 2.10. The van der Waals surface area contributed by atoms with Gasteiger partial charge in [0.15, 0.2) is 0 Å². The van der Waals surface area contributed by atoms with Crippen LogP contribution in [-0.4, -0.2) is 32.1 Å². The summed E-state index contributed by atoms with van der Waals surface area (Å²) >= 11 is 0. The van der Waals surface area contributed by atoms with Crippen LogP contribution in [0.2, 0.25) is 0 Å². The van der Waals surface area contributed by atoms with Gasteiger partial charge in [0.2, 0.25) is 5.91 Å². The third-order valence-electron chi connectivity index (χ3n) is 3.65. The van der Waals surface area contributed by atoms with Crippen LogP contribution in [0.5, 0.6) is 0 Å². The molecule has 0 atom stereocenters. The second-order valence-electron chi connectivity index (χ2n) is 5.44. The van der Waals surface area contributed by atoms with Crippen molar-refractivity contribution >= 4 is 17.6 Å². The number of hydrogen-bond donors (Lipinski definition) is 2. The van der Waals surface area contributed by atoms with Crippen molar-refractivity contribution in [1.29, 1.82) is 0 Å². The fraction of sp³-hybridized carbons (Fsp3) is 0.263. The number of anilines is 1.